The molecule has 0 bridgehead atoms. The fourth-order valence-corrected chi connectivity index (χ4v) is 3.06. The molecule has 1 aliphatic heterocycles. The van der Waals surface area contributed by atoms with Gasteiger partial charge in [-0.3, -0.25) is 10.1 Å². The monoisotopic (exact) mass is 331 g/mol. The first-order valence-electron chi connectivity index (χ1n) is 7.15. The average molecular weight is 332 g/mol. The third-order valence-corrected chi connectivity index (χ3v) is 4.42. The molecule has 1 N–H and O–H groups in total. The van der Waals surface area contributed by atoms with E-state index < -0.39 is 4.92 Å². The number of hydrogen-bond acceptors (Lipinski definition) is 4. The molecule has 1 aromatic carbocycles. The number of nitrogens with zero attached hydrogens (tertiary/aromatic N) is 2. The Morgan fingerprint density at radius 1 is 1.43 bits per heavy atom. The summed E-state index contributed by atoms with van der Waals surface area (Å²) in [4.78, 5) is 13.0. The van der Waals surface area contributed by atoms with Gasteiger partial charge in [0.15, 0.2) is 0 Å². The van der Waals surface area contributed by atoms with Crippen molar-refractivity contribution in [2.75, 3.05) is 24.5 Å². The van der Waals surface area contributed by atoms with E-state index in [0.29, 0.717) is 10.7 Å². The minimum absolute atomic E-state index is 0.0171. The van der Waals surface area contributed by atoms with Gasteiger partial charge in [0, 0.05) is 25.2 Å². The molecular weight excluding hydrogens is 313 g/mol. The van der Waals surface area contributed by atoms with Crippen LogP contribution in [0.1, 0.15) is 26.2 Å². The second kappa shape index (κ2) is 7.29. The summed E-state index contributed by atoms with van der Waals surface area (Å²) in [5.41, 5.74) is 0.577. The number of nitrogens with one attached hydrogen (secondary N) is 1. The molecular formula is C14H19Cl2N3O2. The predicted molar refractivity (Wildman–Crippen MR) is 86.6 cm³/mol. The Kier molecular flexibility index (Phi) is 5.67. The summed E-state index contributed by atoms with van der Waals surface area (Å²) in [6.07, 6.45) is 3.00. The van der Waals surface area contributed by atoms with Crippen LogP contribution in [-0.2, 0) is 0 Å². The van der Waals surface area contributed by atoms with Crippen LogP contribution < -0.4 is 10.2 Å². The van der Waals surface area contributed by atoms with Gasteiger partial charge in [-0.2, -0.15) is 0 Å². The maximum Gasteiger partial charge on any atom is 0.294 e. The zero-order valence-corrected chi connectivity index (χ0v) is 13.5. The highest BCUT2D eigenvalue weighted by atomic mass is 35.5. The van der Waals surface area contributed by atoms with Gasteiger partial charge in [0.1, 0.15) is 5.69 Å². The van der Waals surface area contributed by atoms with E-state index in [1.807, 2.05) is 0 Å². The van der Waals surface area contributed by atoms with Crippen molar-refractivity contribution in [3.8, 4) is 0 Å². The molecule has 0 radical (unpaired) electrons. The van der Waals surface area contributed by atoms with Crippen LogP contribution in [0.2, 0.25) is 10.0 Å². The van der Waals surface area contributed by atoms with Crippen LogP contribution in [0.25, 0.3) is 0 Å². The van der Waals surface area contributed by atoms with Crippen LogP contribution in [0.5, 0.6) is 0 Å². The SMILES string of the molecule is CCCN(c1cc(Cl)c(Cl)cc1[N+](=O)[O-])C1CCCNC1. The zero-order chi connectivity index (χ0) is 15.4. The minimum atomic E-state index is -0.392. The van der Waals surface area contributed by atoms with Crippen molar-refractivity contribution in [2.45, 2.75) is 32.2 Å². The van der Waals surface area contributed by atoms with Crippen molar-refractivity contribution in [3.05, 3.63) is 32.3 Å². The molecule has 1 fully saturated rings. The number of anilines is 1. The Labute approximate surface area is 134 Å². The molecule has 7 heteroatoms. The Balaban J connectivity index is 2.42. The molecule has 116 valence electrons. The van der Waals surface area contributed by atoms with E-state index in [9.17, 15) is 10.1 Å². The molecule has 1 saturated heterocycles. The smallest absolute Gasteiger partial charge is 0.294 e. The topological polar surface area (TPSA) is 58.4 Å². The van der Waals surface area contributed by atoms with Crippen molar-refractivity contribution in [2.24, 2.45) is 0 Å². The lowest BCUT2D eigenvalue weighted by Gasteiger charge is -2.36. The first-order valence-corrected chi connectivity index (χ1v) is 7.91. The molecule has 0 amide bonds. The van der Waals surface area contributed by atoms with Crippen LogP contribution in [0.3, 0.4) is 0 Å². The molecule has 1 unspecified atom stereocenters. The van der Waals surface area contributed by atoms with Crippen LogP contribution in [0, 0.1) is 10.1 Å². The van der Waals surface area contributed by atoms with Crippen molar-refractivity contribution in [1.29, 1.82) is 0 Å². The first-order chi connectivity index (χ1) is 10.0. The highest BCUT2D eigenvalue weighted by Gasteiger charge is 2.27. The fraction of sp³-hybridized carbons (Fsp3) is 0.571. The maximum atomic E-state index is 11.3. The van der Waals surface area contributed by atoms with Crippen molar-refractivity contribution >= 4 is 34.6 Å². The summed E-state index contributed by atoms with van der Waals surface area (Å²) in [6, 6.07) is 3.21. The van der Waals surface area contributed by atoms with Crippen LogP contribution in [0.15, 0.2) is 12.1 Å². The molecule has 21 heavy (non-hydrogen) atoms. The lowest BCUT2D eigenvalue weighted by atomic mass is 10.0. The Hall–Kier alpha value is -1.04. The molecule has 5 nitrogen and oxygen atoms in total. The highest BCUT2D eigenvalue weighted by Crippen LogP contribution is 2.37. The Morgan fingerprint density at radius 2 is 2.14 bits per heavy atom. The number of nitro groups is 1. The summed E-state index contributed by atoms with van der Waals surface area (Å²) in [7, 11) is 0. The van der Waals surface area contributed by atoms with E-state index in [2.05, 4.69) is 17.1 Å². The molecule has 0 saturated carbocycles. The number of hydrogen-bond donors (Lipinski definition) is 1. The number of halogens is 2. The van der Waals surface area contributed by atoms with Gasteiger partial charge < -0.3 is 10.2 Å². The number of benzene rings is 1. The number of rotatable bonds is 5. The summed E-state index contributed by atoms with van der Waals surface area (Å²) < 4.78 is 0. The molecule has 0 aliphatic carbocycles. The van der Waals surface area contributed by atoms with Gasteiger partial charge in [0.25, 0.3) is 5.69 Å². The average Bonchev–Trinajstić information content (AvgIpc) is 2.48. The summed E-state index contributed by atoms with van der Waals surface area (Å²) >= 11 is 12.0. The van der Waals surface area contributed by atoms with Crippen LogP contribution >= 0.6 is 23.2 Å². The van der Waals surface area contributed by atoms with E-state index in [0.717, 1.165) is 38.9 Å². The minimum Gasteiger partial charge on any atom is -0.362 e. The normalized spacial score (nSPS) is 18.5. The van der Waals surface area contributed by atoms with E-state index in [-0.39, 0.29) is 16.8 Å². The van der Waals surface area contributed by atoms with Gasteiger partial charge in [0.2, 0.25) is 0 Å². The van der Waals surface area contributed by atoms with E-state index in [1.54, 1.807) is 6.07 Å². The standard InChI is InChI=1S/C14H19Cl2N3O2/c1-2-6-18(10-4-3-5-17-9-10)13-7-11(15)12(16)8-14(13)19(20)21/h7-8,10,17H,2-6,9H2,1H3. The van der Waals surface area contributed by atoms with Crippen molar-refractivity contribution in [3.63, 3.8) is 0 Å². The number of piperidine rings is 1. The molecule has 0 spiro atoms. The predicted octanol–water partition coefficient (Wildman–Crippen LogP) is 3.87. The lowest BCUT2D eigenvalue weighted by molar-refractivity contribution is -0.384. The van der Waals surface area contributed by atoms with E-state index in [4.69, 9.17) is 23.2 Å². The first kappa shape index (κ1) is 16.3. The summed E-state index contributed by atoms with van der Waals surface area (Å²) in [5, 5.41) is 15.2. The Morgan fingerprint density at radius 3 is 2.71 bits per heavy atom. The molecule has 2 rings (SSSR count). The van der Waals surface area contributed by atoms with Gasteiger partial charge in [-0.1, -0.05) is 30.1 Å². The van der Waals surface area contributed by atoms with E-state index >= 15 is 0 Å². The summed E-state index contributed by atoms with van der Waals surface area (Å²) in [6.45, 7) is 4.65. The quantitative estimate of drug-likeness (QED) is 0.657. The van der Waals surface area contributed by atoms with Crippen molar-refractivity contribution < 1.29 is 4.92 Å². The fourth-order valence-electron chi connectivity index (χ4n) is 2.74. The van der Waals surface area contributed by atoms with Crippen LogP contribution in [0.4, 0.5) is 11.4 Å². The Bertz CT molecular complexity index is 519. The second-order valence-electron chi connectivity index (χ2n) is 5.21. The molecule has 0 aromatic heterocycles. The highest BCUT2D eigenvalue weighted by molar-refractivity contribution is 6.42. The second-order valence-corrected chi connectivity index (χ2v) is 6.02. The van der Waals surface area contributed by atoms with Gasteiger partial charge in [-0.25, -0.2) is 0 Å². The van der Waals surface area contributed by atoms with Gasteiger partial charge in [-0.05, 0) is 31.9 Å². The third-order valence-electron chi connectivity index (χ3n) is 3.70. The van der Waals surface area contributed by atoms with Crippen LogP contribution in [-0.4, -0.2) is 30.6 Å². The van der Waals surface area contributed by atoms with Gasteiger partial charge >= 0.3 is 0 Å². The molecule has 1 atom stereocenters. The molecule has 1 aromatic rings. The third kappa shape index (κ3) is 3.78. The van der Waals surface area contributed by atoms with Gasteiger partial charge in [-0.15, -0.1) is 0 Å². The molecule has 1 aliphatic rings. The van der Waals surface area contributed by atoms with Crippen molar-refractivity contribution in [1.82, 2.24) is 5.32 Å². The largest absolute Gasteiger partial charge is 0.362 e. The maximum absolute atomic E-state index is 11.3. The lowest BCUT2D eigenvalue weighted by Crippen LogP contribution is -2.46. The van der Waals surface area contributed by atoms with E-state index in [1.165, 1.54) is 6.07 Å². The summed E-state index contributed by atoms with van der Waals surface area (Å²) in [5.74, 6) is 0. The zero-order valence-electron chi connectivity index (χ0n) is 11.9. The molecule has 1 heterocycles. The van der Waals surface area contributed by atoms with Gasteiger partial charge in [0.05, 0.1) is 15.0 Å². The number of nitro benzene ring substituents is 1.